The number of hydrogen-bond acceptors (Lipinski definition) is 2. The second-order valence-corrected chi connectivity index (χ2v) is 4.37. The third-order valence-electron chi connectivity index (χ3n) is 3.04. The summed E-state index contributed by atoms with van der Waals surface area (Å²) in [5.74, 6) is 0. The molecule has 0 atom stereocenters. The van der Waals surface area contributed by atoms with E-state index in [0.29, 0.717) is 0 Å². The van der Waals surface area contributed by atoms with E-state index in [1.807, 2.05) is 6.26 Å². The van der Waals surface area contributed by atoms with Crippen molar-refractivity contribution >= 4 is 11.0 Å². The van der Waals surface area contributed by atoms with Gasteiger partial charge in [-0.25, -0.2) is 0 Å². The molecule has 1 aliphatic carbocycles. The molecule has 78 valence electrons. The number of rotatable bonds is 3. The number of fused-ring (bicyclic) bond motifs is 1. The molecule has 1 heterocycles. The molecule has 0 unspecified atom stereocenters. The summed E-state index contributed by atoms with van der Waals surface area (Å²) in [6.45, 7) is 3.02. The van der Waals surface area contributed by atoms with E-state index in [4.69, 9.17) is 4.42 Å². The largest absolute Gasteiger partial charge is 0.464 e. The van der Waals surface area contributed by atoms with Crippen molar-refractivity contribution in [2.24, 2.45) is 0 Å². The molecule has 2 aromatic rings. The zero-order valence-corrected chi connectivity index (χ0v) is 8.92. The zero-order valence-electron chi connectivity index (χ0n) is 8.92. The molecule has 0 bridgehead atoms. The second kappa shape index (κ2) is 3.38. The monoisotopic (exact) mass is 201 g/mol. The maximum atomic E-state index is 5.59. The number of hydrogen-bond donors (Lipinski definition) is 1. The van der Waals surface area contributed by atoms with Gasteiger partial charge in [0.05, 0.1) is 6.26 Å². The Hall–Kier alpha value is -1.28. The highest BCUT2D eigenvalue weighted by Crippen LogP contribution is 2.25. The molecule has 2 heteroatoms. The Labute approximate surface area is 89.3 Å². The average molecular weight is 201 g/mol. The number of benzene rings is 1. The Morgan fingerprint density at radius 2 is 2.27 bits per heavy atom. The third-order valence-corrected chi connectivity index (χ3v) is 3.04. The van der Waals surface area contributed by atoms with Gasteiger partial charge in [-0.1, -0.05) is 18.2 Å². The van der Waals surface area contributed by atoms with E-state index >= 15 is 0 Å². The number of aryl methyl sites for hydroxylation is 1. The fourth-order valence-electron chi connectivity index (χ4n) is 1.93. The first-order valence-electron chi connectivity index (χ1n) is 5.53. The number of furan rings is 1. The Bertz CT molecular complexity index is 482. The maximum absolute atomic E-state index is 5.59. The quantitative estimate of drug-likeness (QED) is 0.825. The minimum atomic E-state index is 0.750. The van der Waals surface area contributed by atoms with Crippen LogP contribution in [0.2, 0.25) is 0 Å². The van der Waals surface area contributed by atoms with Crippen LogP contribution in [0.5, 0.6) is 0 Å². The fraction of sp³-hybridized carbons (Fsp3) is 0.385. The van der Waals surface area contributed by atoms with Gasteiger partial charge in [0.2, 0.25) is 0 Å². The van der Waals surface area contributed by atoms with Crippen molar-refractivity contribution in [3.05, 3.63) is 35.6 Å². The maximum Gasteiger partial charge on any atom is 0.137 e. The second-order valence-electron chi connectivity index (χ2n) is 4.37. The standard InChI is InChI=1S/C13H15NO/c1-9-3-2-4-12-10(8-15-13(9)12)7-14-11-5-6-11/h2-4,8,11,14H,5-7H2,1H3. The van der Waals surface area contributed by atoms with E-state index in [1.54, 1.807) is 0 Å². The predicted molar refractivity (Wildman–Crippen MR) is 60.8 cm³/mol. The molecule has 0 radical (unpaired) electrons. The lowest BCUT2D eigenvalue weighted by Crippen LogP contribution is -2.14. The highest BCUT2D eigenvalue weighted by molar-refractivity contribution is 5.83. The Kier molecular flexibility index (Phi) is 2.03. The average Bonchev–Trinajstić information content (AvgIpc) is 2.97. The minimum Gasteiger partial charge on any atom is -0.464 e. The molecule has 0 saturated heterocycles. The van der Waals surface area contributed by atoms with Crippen LogP contribution in [0.4, 0.5) is 0 Å². The molecule has 2 nitrogen and oxygen atoms in total. The summed E-state index contributed by atoms with van der Waals surface area (Å²) in [6, 6.07) is 7.06. The summed E-state index contributed by atoms with van der Waals surface area (Å²) < 4.78 is 5.59. The van der Waals surface area contributed by atoms with Crippen molar-refractivity contribution < 1.29 is 4.42 Å². The van der Waals surface area contributed by atoms with Crippen LogP contribution in [0.25, 0.3) is 11.0 Å². The van der Waals surface area contributed by atoms with Crippen molar-refractivity contribution in [1.82, 2.24) is 5.32 Å². The molecule has 0 amide bonds. The van der Waals surface area contributed by atoms with Crippen LogP contribution < -0.4 is 5.32 Å². The van der Waals surface area contributed by atoms with Gasteiger partial charge in [-0.05, 0) is 25.3 Å². The molecular formula is C13H15NO. The highest BCUT2D eigenvalue weighted by Gasteiger charge is 2.20. The van der Waals surface area contributed by atoms with E-state index < -0.39 is 0 Å². The Morgan fingerprint density at radius 1 is 1.40 bits per heavy atom. The molecule has 1 saturated carbocycles. The molecule has 1 aliphatic rings. The van der Waals surface area contributed by atoms with Gasteiger partial charge < -0.3 is 9.73 Å². The lowest BCUT2D eigenvalue weighted by atomic mass is 10.1. The van der Waals surface area contributed by atoms with E-state index in [2.05, 4.69) is 30.4 Å². The molecule has 1 fully saturated rings. The normalized spacial score (nSPS) is 16.1. The summed E-state index contributed by atoms with van der Waals surface area (Å²) in [4.78, 5) is 0. The van der Waals surface area contributed by atoms with Crippen LogP contribution in [0, 0.1) is 6.92 Å². The first-order chi connectivity index (χ1) is 7.34. The first-order valence-corrected chi connectivity index (χ1v) is 5.53. The van der Waals surface area contributed by atoms with E-state index in [1.165, 1.54) is 29.4 Å². The van der Waals surface area contributed by atoms with Gasteiger partial charge in [0.15, 0.2) is 0 Å². The van der Waals surface area contributed by atoms with E-state index in [-0.39, 0.29) is 0 Å². The van der Waals surface area contributed by atoms with Crippen LogP contribution >= 0.6 is 0 Å². The van der Waals surface area contributed by atoms with Gasteiger partial charge in [0.1, 0.15) is 5.58 Å². The van der Waals surface area contributed by atoms with E-state index in [9.17, 15) is 0 Å². The number of nitrogens with one attached hydrogen (secondary N) is 1. The molecule has 1 aromatic carbocycles. The van der Waals surface area contributed by atoms with Gasteiger partial charge >= 0.3 is 0 Å². The van der Waals surface area contributed by atoms with Crippen molar-refractivity contribution in [1.29, 1.82) is 0 Å². The predicted octanol–water partition coefficient (Wildman–Crippen LogP) is 2.99. The zero-order chi connectivity index (χ0) is 10.3. The van der Waals surface area contributed by atoms with Crippen molar-refractivity contribution in [2.45, 2.75) is 32.4 Å². The van der Waals surface area contributed by atoms with Crippen molar-refractivity contribution in [3.8, 4) is 0 Å². The Balaban J connectivity index is 1.92. The highest BCUT2D eigenvalue weighted by atomic mass is 16.3. The summed E-state index contributed by atoms with van der Waals surface area (Å²) >= 11 is 0. The third kappa shape index (κ3) is 1.65. The van der Waals surface area contributed by atoms with Crippen LogP contribution in [0.3, 0.4) is 0 Å². The molecule has 1 N–H and O–H groups in total. The van der Waals surface area contributed by atoms with E-state index in [0.717, 1.165) is 18.2 Å². The van der Waals surface area contributed by atoms with Gasteiger partial charge in [-0.3, -0.25) is 0 Å². The van der Waals surface area contributed by atoms with Gasteiger partial charge in [-0.15, -0.1) is 0 Å². The lowest BCUT2D eigenvalue weighted by Gasteiger charge is -2.00. The minimum absolute atomic E-state index is 0.750. The van der Waals surface area contributed by atoms with Crippen LogP contribution in [0.15, 0.2) is 28.9 Å². The van der Waals surface area contributed by atoms with Crippen molar-refractivity contribution in [2.75, 3.05) is 0 Å². The fourth-order valence-corrected chi connectivity index (χ4v) is 1.93. The molecule has 15 heavy (non-hydrogen) atoms. The number of para-hydroxylation sites is 1. The van der Waals surface area contributed by atoms with Crippen LogP contribution in [-0.4, -0.2) is 6.04 Å². The summed E-state index contributed by atoms with van der Waals surface area (Å²) in [7, 11) is 0. The van der Waals surface area contributed by atoms with Gasteiger partial charge in [0.25, 0.3) is 0 Å². The summed E-state index contributed by atoms with van der Waals surface area (Å²) in [5.41, 5.74) is 3.52. The first kappa shape index (κ1) is 8.98. The molecule has 0 spiro atoms. The van der Waals surface area contributed by atoms with Gasteiger partial charge in [-0.2, -0.15) is 0 Å². The summed E-state index contributed by atoms with van der Waals surface area (Å²) in [6.07, 6.45) is 4.54. The Morgan fingerprint density at radius 3 is 3.07 bits per heavy atom. The van der Waals surface area contributed by atoms with Crippen LogP contribution in [-0.2, 0) is 6.54 Å². The SMILES string of the molecule is Cc1cccc2c(CNC3CC3)coc12. The van der Waals surface area contributed by atoms with Crippen molar-refractivity contribution in [3.63, 3.8) is 0 Å². The molecule has 1 aromatic heterocycles. The molecule has 0 aliphatic heterocycles. The van der Waals surface area contributed by atoms with Gasteiger partial charge in [0, 0.05) is 23.5 Å². The summed E-state index contributed by atoms with van der Waals surface area (Å²) in [5, 5.41) is 4.76. The smallest absolute Gasteiger partial charge is 0.137 e. The topological polar surface area (TPSA) is 25.2 Å². The van der Waals surface area contributed by atoms with Crippen LogP contribution in [0.1, 0.15) is 24.0 Å². The lowest BCUT2D eigenvalue weighted by molar-refractivity contribution is 0.599. The molecular weight excluding hydrogens is 186 g/mol. The molecule has 3 rings (SSSR count).